The van der Waals surface area contributed by atoms with Crippen molar-refractivity contribution in [2.45, 2.75) is 25.3 Å². The van der Waals surface area contributed by atoms with E-state index in [1.165, 1.54) is 5.56 Å². The van der Waals surface area contributed by atoms with Crippen molar-refractivity contribution in [3.8, 4) is 0 Å². The van der Waals surface area contributed by atoms with Gasteiger partial charge in [-0.25, -0.2) is 0 Å². The summed E-state index contributed by atoms with van der Waals surface area (Å²) in [6.07, 6.45) is 1.77. The molecule has 0 bridgehead atoms. The maximum atomic E-state index is 12.2. The third-order valence-corrected chi connectivity index (χ3v) is 3.53. The molecular formula is C15H21N3O2. The summed E-state index contributed by atoms with van der Waals surface area (Å²) in [5.41, 5.74) is 7.17. The van der Waals surface area contributed by atoms with Crippen LogP contribution in [0.4, 0.5) is 0 Å². The first-order valence-electron chi connectivity index (χ1n) is 7.02. The first-order chi connectivity index (χ1) is 9.66. The molecule has 0 aromatic heterocycles. The number of carbonyl (C=O) groups excluding carboxylic acids is 2. The van der Waals surface area contributed by atoms with Crippen molar-refractivity contribution in [3.63, 3.8) is 0 Å². The molecule has 1 aliphatic heterocycles. The predicted molar refractivity (Wildman–Crippen MR) is 76.9 cm³/mol. The van der Waals surface area contributed by atoms with Crippen molar-refractivity contribution >= 4 is 11.8 Å². The zero-order chi connectivity index (χ0) is 14.4. The standard InChI is InChI=1S/C15H21N3O2/c16-13(7-6-12-4-2-1-3-5-12)15(20)18-10-8-14(19)17-9-11-18/h1-5,13H,6-11,16H2,(H,17,19)/t13-/m0/s1. The molecule has 108 valence electrons. The summed E-state index contributed by atoms with van der Waals surface area (Å²) in [5.74, 6) is -0.0596. The van der Waals surface area contributed by atoms with E-state index in [-0.39, 0.29) is 11.8 Å². The number of nitrogens with two attached hydrogens (primary N) is 1. The van der Waals surface area contributed by atoms with Gasteiger partial charge in [-0.05, 0) is 18.4 Å². The maximum Gasteiger partial charge on any atom is 0.239 e. The molecular weight excluding hydrogens is 254 g/mol. The molecule has 0 unspecified atom stereocenters. The Bertz CT molecular complexity index is 461. The van der Waals surface area contributed by atoms with E-state index in [2.05, 4.69) is 5.32 Å². The van der Waals surface area contributed by atoms with E-state index in [0.29, 0.717) is 32.5 Å². The second-order valence-electron chi connectivity index (χ2n) is 5.06. The average Bonchev–Trinajstić information content (AvgIpc) is 2.70. The summed E-state index contributed by atoms with van der Waals surface area (Å²) >= 11 is 0. The van der Waals surface area contributed by atoms with Gasteiger partial charge in [0.2, 0.25) is 11.8 Å². The predicted octanol–water partition coefficient (Wildman–Crippen LogP) is 0.295. The van der Waals surface area contributed by atoms with Gasteiger partial charge in [-0.2, -0.15) is 0 Å². The van der Waals surface area contributed by atoms with Crippen LogP contribution in [0, 0.1) is 0 Å². The van der Waals surface area contributed by atoms with E-state index >= 15 is 0 Å². The molecule has 1 saturated heterocycles. The van der Waals surface area contributed by atoms with Crippen LogP contribution < -0.4 is 11.1 Å². The molecule has 5 nitrogen and oxygen atoms in total. The van der Waals surface area contributed by atoms with Crippen molar-refractivity contribution in [2.75, 3.05) is 19.6 Å². The molecule has 20 heavy (non-hydrogen) atoms. The Hall–Kier alpha value is -1.88. The van der Waals surface area contributed by atoms with E-state index in [1.807, 2.05) is 30.3 Å². The van der Waals surface area contributed by atoms with Crippen molar-refractivity contribution < 1.29 is 9.59 Å². The highest BCUT2D eigenvalue weighted by atomic mass is 16.2. The molecule has 1 atom stereocenters. The van der Waals surface area contributed by atoms with Gasteiger partial charge >= 0.3 is 0 Å². The number of nitrogens with zero attached hydrogens (tertiary/aromatic N) is 1. The number of carbonyl (C=O) groups is 2. The topological polar surface area (TPSA) is 75.4 Å². The van der Waals surface area contributed by atoms with Crippen molar-refractivity contribution in [1.29, 1.82) is 0 Å². The SMILES string of the molecule is N[C@@H](CCc1ccccc1)C(=O)N1CCNC(=O)CC1. The quantitative estimate of drug-likeness (QED) is 0.829. The molecule has 0 radical (unpaired) electrons. The number of nitrogens with one attached hydrogen (secondary N) is 1. The number of benzene rings is 1. The van der Waals surface area contributed by atoms with E-state index < -0.39 is 6.04 Å². The minimum Gasteiger partial charge on any atom is -0.354 e. The highest BCUT2D eigenvalue weighted by Gasteiger charge is 2.23. The van der Waals surface area contributed by atoms with Crippen LogP contribution >= 0.6 is 0 Å². The highest BCUT2D eigenvalue weighted by molar-refractivity contribution is 5.83. The van der Waals surface area contributed by atoms with E-state index in [0.717, 1.165) is 6.42 Å². The largest absolute Gasteiger partial charge is 0.354 e. The monoisotopic (exact) mass is 275 g/mol. The average molecular weight is 275 g/mol. The Kier molecular flexibility index (Phi) is 5.12. The lowest BCUT2D eigenvalue weighted by Crippen LogP contribution is -2.45. The molecule has 1 fully saturated rings. The second-order valence-corrected chi connectivity index (χ2v) is 5.06. The van der Waals surface area contributed by atoms with Crippen LogP contribution in [-0.4, -0.2) is 42.4 Å². The van der Waals surface area contributed by atoms with Gasteiger partial charge in [0, 0.05) is 26.1 Å². The lowest BCUT2D eigenvalue weighted by atomic mass is 10.0. The molecule has 1 aliphatic rings. The number of hydrogen-bond donors (Lipinski definition) is 2. The molecule has 1 aromatic rings. The van der Waals surface area contributed by atoms with Crippen LogP contribution in [0.1, 0.15) is 18.4 Å². The Morgan fingerprint density at radius 3 is 2.80 bits per heavy atom. The van der Waals surface area contributed by atoms with Crippen LogP contribution in [0.3, 0.4) is 0 Å². The number of amides is 2. The molecule has 0 aliphatic carbocycles. The van der Waals surface area contributed by atoms with E-state index in [4.69, 9.17) is 5.73 Å². The number of aryl methyl sites for hydroxylation is 1. The zero-order valence-electron chi connectivity index (χ0n) is 11.5. The fourth-order valence-corrected chi connectivity index (χ4v) is 2.31. The molecule has 5 heteroatoms. The second kappa shape index (κ2) is 7.05. The first kappa shape index (κ1) is 14.5. The fourth-order valence-electron chi connectivity index (χ4n) is 2.31. The van der Waals surface area contributed by atoms with Crippen LogP contribution in [0.25, 0.3) is 0 Å². The van der Waals surface area contributed by atoms with Crippen molar-refractivity contribution in [3.05, 3.63) is 35.9 Å². The summed E-state index contributed by atoms with van der Waals surface area (Å²) in [7, 11) is 0. The van der Waals surface area contributed by atoms with Crippen molar-refractivity contribution in [2.24, 2.45) is 5.73 Å². The van der Waals surface area contributed by atoms with Gasteiger partial charge in [-0.1, -0.05) is 30.3 Å². The van der Waals surface area contributed by atoms with Gasteiger partial charge in [0.15, 0.2) is 0 Å². The minimum absolute atomic E-state index is 0.00171. The summed E-state index contributed by atoms with van der Waals surface area (Å²) in [6.45, 7) is 1.52. The number of rotatable bonds is 4. The van der Waals surface area contributed by atoms with Crippen LogP contribution in [0.5, 0.6) is 0 Å². The molecule has 1 aromatic carbocycles. The molecule has 0 spiro atoms. The smallest absolute Gasteiger partial charge is 0.239 e. The highest BCUT2D eigenvalue weighted by Crippen LogP contribution is 2.07. The number of hydrogen-bond acceptors (Lipinski definition) is 3. The van der Waals surface area contributed by atoms with Crippen LogP contribution in [0.2, 0.25) is 0 Å². The fraction of sp³-hybridized carbons (Fsp3) is 0.467. The third-order valence-electron chi connectivity index (χ3n) is 3.53. The van der Waals surface area contributed by atoms with Crippen molar-refractivity contribution in [1.82, 2.24) is 10.2 Å². The van der Waals surface area contributed by atoms with Gasteiger partial charge in [0.25, 0.3) is 0 Å². The molecule has 2 rings (SSSR count). The van der Waals surface area contributed by atoms with E-state index in [9.17, 15) is 9.59 Å². The van der Waals surface area contributed by atoms with Gasteiger partial charge in [0.1, 0.15) is 0 Å². The normalized spacial score (nSPS) is 17.2. The molecule has 2 amide bonds. The van der Waals surface area contributed by atoms with Gasteiger partial charge < -0.3 is 16.0 Å². The zero-order valence-corrected chi connectivity index (χ0v) is 11.5. The summed E-state index contributed by atoms with van der Waals surface area (Å²) in [4.78, 5) is 25.2. The lowest BCUT2D eigenvalue weighted by molar-refractivity contribution is -0.132. The first-order valence-corrected chi connectivity index (χ1v) is 7.02. The molecule has 1 heterocycles. The summed E-state index contributed by atoms with van der Waals surface area (Å²) < 4.78 is 0. The lowest BCUT2D eigenvalue weighted by Gasteiger charge is -2.23. The van der Waals surface area contributed by atoms with Gasteiger partial charge in [-0.15, -0.1) is 0 Å². The van der Waals surface area contributed by atoms with E-state index in [1.54, 1.807) is 4.90 Å². The van der Waals surface area contributed by atoms with Crippen LogP contribution in [0.15, 0.2) is 30.3 Å². The van der Waals surface area contributed by atoms with Gasteiger partial charge in [0.05, 0.1) is 6.04 Å². The minimum atomic E-state index is -0.497. The molecule has 3 N–H and O–H groups in total. The summed E-state index contributed by atoms with van der Waals surface area (Å²) in [6, 6.07) is 9.50. The molecule has 0 saturated carbocycles. The Morgan fingerprint density at radius 2 is 2.05 bits per heavy atom. The van der Waals surface area contributed by atoms with Crippen LogP contribution in [-0.2, 0) is 16.0 Å². The Labute approximate surface area is 119 Å². The maximum absolute atomic E-state index is 12.2. The Morgan fingerprint density at radius 1 is 1.30 bits per heavy atom. The Balaban J connectivity index is 1.83. The third kappa shape index (κ3) is 4.06. The summed E-state index contributed by atoms with van der Waals surface area (Å²) in [5, 5.41) is 2.75. The van der Waals surface area contributed by atoms with Gasteiger partial charge in [-0.3, -0.25) is 9.59 Å².